The number of halogens is 4. The Morgan fingerprint density at radius 2 is 2.00 bits per heavy atom. The molecule has 1 aromatic rings. The van der Waals surface area contributed by atoms with Gasteiger partial charge in [-0.1, -0.05) is 13.8 Å². The highest BCUT2D eigenvalue weighted by atomic mass is 35.5. The number of alkyl halides is 4. The number of hydrogen-bond donors (Lipinski definition) is 1. The van der Waals surface area contributed by atoms with Crippen molar-refractivity contribution in [3.05, 3.63) is 23.9 Å². The maximum atomic E-state index is 12.4. The van der Waals surface area contributed by atoms with Crippen LogP contribution < -0.4 is 5.32 Å². The molecule has 1 aromatic heterocycles. The smallest absolute Gasteiger partial charge is 0.369 e. The minimum atomic E-state index is -4.35. The fourth-order valence-electron chi connectivity index (χ4n) is 1.08. The topological polar surface area (TPSA) is 24.9 Å². The average Bonchev–Trinajstić information content (AvgIpc) is 2.26. The summed E-state index contributed by atoms with van der Waals surface area (Å²) in [6, 6.07) is 1.93. The largest absolute Gasteiger partial charge is 0.416 e. The van der Waals surface area contributed by atoms with Gasteiger partial charge >= 0.3 is 6.18 Å². The summed E-state index contributed by atoms with van der Waals surface area (Å²) < 4.78 is 37.3. The Hall–Kier alpha value is -0.970. The zero-order valence-corrected chi connectivity index (χ0v) is 10.4. The molecule has 0 radical (unpaired) electrons. The van der Waals surface area contributed by atoms with Crippen molar-refractivity contribution in [1.29, 1.82) is 0 Å². The van der Waals surface area contributed by atoms with E-state index in [0.29, 0.717) is 12.4 Å². The molecule has 0 aliphatic rings. The lowest BCUT2D eigenvalue weighted by molar-refractivity contribution is -0.137. The number of nitrogens with one attached hydrogen (secondary N) is 1. The van der Waals surface area contributed by atoms with Gasteiger partial charge in [0.1, 0.15) is 5.82 Å². The van der Waals surface area contributed by atoms with Crippen LogP contribution in [0.15, 0.2) is 18.3 Å². The van der Waals surface area contributed by atoms with E-state index in [2.05, 4.69) is 10.3 Å². The van der Waals surface area contributed by atoms with Crippen LogP contribution in [0.4, 0.5) is 19.0 Å². The van der Waals surface area contributed by atoms with E-state index in [1.54, 1.807) is 0 Å². The first-order valence-corrected chi connectivity index (χ1v) is 5.61. The van der Waals surface area contributed by atoms with Gasteiger partial charge in [-0.2, -0.15) is 13.2 Å². The summed E-state index contributed by atoms with van der Waals surface area (Å²) in [6.45, 7) is 4.30. The second-order valence-electron chi connectivity index (χ2n) is 4.58. The standard InChI is InChI=1S/C11H14ClF3N2/c1-10(2,6-12)7-17-9-5-8(3-4-16-9)11(13,14)15/h3-5H,6-7H2,1-2H3,(H,16,17). The molecule has 0 aromatic carbocycles. The van der Waals surface area contributed by atoms with E-state index in [4.69, 9.17) is 11.6 Å². The second kappa shape index (κ2) is 5.12. The van der Waals surface area contributed by atoms with Crippen molar-refractivity contribution in [1.82, 2.24) is 4.98 Å². The molecule has 0 atom stereocenters. The van der Waals surface area contributed by atoms with Crippen LogP contribution in [0.5, 0.6) is 0 Å². The third-order valence-corrected chi connectivity index (χ3v) is 2.92. The molecule has 6 heteroatoms. The third-order valence-electron chi connectivity index (χ3n) is 2.20. The Balaban J connectivity index is 2.74. The number of rotatable bonds is 4. The Labute approximate surface area is 103 Å². The summed E-state index contributed by atoms with van der Waals surface area (Å²) in [6.07, 6.45) is -3.21. The van der Waals surface area contributed by atoms with Crippen LogP contribution in [0.3, 0.4) is 0 Å². The number of anilines is 1. The summed E-state index contributed by atoms with van der Waals surface area (Å²) in [4.78, 5) is 3.84. The molecule has 0 aliphatic heterocycles. The van der Waals surface area contributed by atoms with Gasteiger partial charge < -0.3 is 5.32 Å². The molecule has 0 saturated carbocycles. The molecular weight excluding hydrogens is 253 g/mol. The molecule has 17 heavy (non-hydrogen) atoms. The van der Waals surface area contributed by atoms with Crippen LogP contribution in [0.25, 0.3) is 0 Å². The monoisotopic (exact) mass is 266 g/mol. The highest BCUT2D eigenvalue weighted by molar-refractivity contribution is 6.18. The van der Waals surface area contributed by atoms with E-state index >= 15 is 0 Å². The van der Waals surface area contributed by atoms with E-state index in [-0.39, 0.29) is 11.2 Å². The number of nitrogens with zero attached hydrogens (tertiary/aromatic N) is 1. The molecule has 0 bridgehead atoms. The minimum Gasteiger partial charge on any atom is -0.369 e. The van der Waals surface area contributed by atoms with Crippen molar-refractivity contribution in [3.8, 4) is 0 Å². The predicted molar refractivity (Wildman–Crippen MR) is 62.2 cm³/mol. The van der Waals surface area contributed by atoms with E-state index in [0.717, 1.165) is 18.3 Å². The summed E-state index contributed by atoms with van der Waals surface area (Å²) in [5.74, 6) is 0.622. The molecular formula is C11H14ClF3N2. The van der Waals surface area contributed by atoms with E-state index in [1.807, 2.05) is 13.8 Å². The predicted octanol–water partition coefficient (Wildman–Crippen LogP) is 3.78. The molecule has 96 valence electrons. The van der Waals surface area contributed by atoms with Gasteiger partial charge in [-0.3, -0.25) is 0 Å². The maximum Gasteiger partial charge on any atom is 0.416 e. The van der Waals surface area contributed by atoms with Crippen LogP contribution in [0.1, 0.15) is 19.4 Å². The molecule has 0 aliphatic carbocycles. The van der Waals surface area contributed by atoms with Gasteiger partial charge in [0.2, 0.25) is 0 Å². The highest BCUT2D eigenvalue weighted by Gasteiger charge is 2.30. The molecule has 0 amide bonds. The molecule has 2 nitrogen and oxygen atoms in total. The summed E-state index contributed by atoms with van der Waals surface area (Å²) >= 11 is 5.72. The molecule has 1 N–H and O–H groups in total. The van der Waals surface area contributed by atoms with Crippen LogP contribution in [-0.4, -0.2) is 17.4 Å². The Kier molecular flexibility index (Phi) is 4.25. The van der Waals surface area contributed by atoms with E-state index in [1.165, 1.54) is 0 Å². The SMILES string of the molecule is CC(C)(CCl)CNc1cc(C(F)(F)F)ccn1. The number of aromatic nitrogens is 1. The van der Waals surface area contributed by atoms with Crippen LogP contribution in [0.2, 0.25) is 0 Å². The molecule has 1 rings (SSSR count). The number of hydrogen-bond acceptors (Lipinski definition) is 2. The first-order valence-electron chi connectivity index (χ1n) is 5.08. The summed E-state index contributed by atoms with van der Waals surface area (Å²) in [5.41, 5.74) is -0.907. The van der Waals surface area contributed by atoms with Gasteiger partial charge in [0.15, 0.2) is 0 Å². The lowest BCUT2D eigenvalue weighted by atomic mass is 9.96. The molecule has 0 spiro atoms. The van der Waals surface area contributed by atoms with Crippen molar-refractivity contribution in [2.24, 2.45) is 5.41 Å². The lowest BCUT2D eigenvalue weighted by Crippen LogP contribution is -2.25. The highest BCUT2D eigenvalue weighted by Crippen LogP contribution is 2.30. The van der Waals surface area contributed by atoms with Gasteiger partial charge in [-0.15, -0.1) is 11.6 Å². The fourth-order valence-corrected chi connectivity index (χ4v) is 1.18. The third kappa shape index (κ3) is 4.42. The Morgan fingerprint density at radius 3 is 2.53 bits per heavy atom. The maximum absolute atomic E-state index is 12.4. The van der Waals surface area contributed by atoms with Gasteiger partial charge in [-0.05, 0) is 17.5 Å². The molecule has 0 saturated heterocycles. The first kappa shape index (κ1) is 14.1. The van der Waals surface area contributed by atoms with Crippen molar-refractivity contribution < 1.29 is 13.2 Å². The fraction of sp³-hybridized carbons (Fsp3) is 0.545. The Morgan fingerprint density at radius 1 is 1.35 bits per heavy atom. The van der Waals surface area contributed by atoms with Gasteiger partial charge in [0.25, 0.3) is 0 Å². The molecule has 0 unspecified atom stereocenters. The minimum absolute atomic E-state index is 0.197. The van der Waals surface area contributed by atoms with E-state index in [9.17, 15) is 13.2 Å². The second-order valence-corrected chi connectivity index (χ2v) is 4.85. The first-order chi connectivity index (χ1) is 7.74. The quantitative estimate of drug-likeness (QED) is 0.839. The van der Waals surface area contributed by atoms with Gasteiger partial charge in [-0.25, -0.2) is 4.98 Å². The zero-order chi connectivity index (χ0) is 13.1. The van der Waals surface area contributed by atoms with Gasteiger partial charge in [0, 0.05) is 18.6 Å². The van der Waals surface area contributed by atoms with Gasteiger partial charge in [0.05, 0.1) is 5.56 Å². The molecule has 0 fully saturated rings. The number of pyridine rings is 1. The zero-order valence-electron chi connectivity index (χ0n) is 9.61. The summed E-state index contributed by atoms with van der Waals surface area (Å²) in [5, 5.41) is 2.85. The van der Waals surface area contributed by atoms with Crippen molar-refractivity contribution in [2.75, 3.05) is 17.7 Å². The van der Waals surface area contributed by atoms with Crippen LogP contribution in [0, 0.1) is 5.41 Å². The van der Waals surface area contributed by atoms with Crippen molar-refractivity contribution in [3.63, 3.8) is 0 Å². The normalized spacial score (nSPS) is 12.6. The average molecular weight is 267 g/mol. The van der Waals surface area contributed by atoms with Crippen molar-refractivity contribution in [2.45, 2.75) is 20.0 Å². The lowest BCUT2D eigenvalue weighted by Gasteiger charge is -2.22. The summed E-state index contributed by atoms with van der Waals surface area (Å²) in [7, 11) is 0. The van der Waals surface area contributed by atoms with Crippen molar-refractivity contribution >= 4 is 17.4 Å². The van der Waals surface area contributed by atoms with Crippen LogP contribution >= 0.6 is 11.6 Å². The van der Waals surface area contributed by atoms with E-state index < -0.39 is 11.7 Å². The Bertz CT molecular complexity index is 377. The van der Waals surface area contributed by atoms with Crippen LogP contribution in [-0.2, 0) is 6.18 Å². The molecule has 1 heterocycles.